The average Bonchev–Trinajstić information content (AvgIpc) is 2.29. The Labute approximate surface area is 106 Å². The number of hydrogen-bond acceptors (Lipinski definition) is 3. The Kier molecular flexibility index (Phi) is 3.42. The number of aromatic hydroxyl groups is 3. The van der Waals surface area contributed by atoms with Crippen molar-refractivity contribution in [3.63, 3.8) is 0 Å². The highest BCUT2D eigenvalue weighted by Crippen LogP contribution is 2.25. The fourth-order valence-electron chi connectivity index (χ4n) is 2.00. The summed E-state index contributed by atoms with van der Waals surface area (Å²) in [5.74, 6) is 0.0742. The lowest BCUT2D eigenvalue weighted by molar-refractivity contribution is 0.403. The molecule has 0 heterocycles. The minimum atomic E-state index is -0.105. The molecule has 3 N–H and O–H groups in total. The van der Waals surface area contributed by atoms with Gasteiger partial charge in [0.2, 0.25) is 0 Å². The molecule has 94 valence electrons. The summed E-state index contributed by atoms with van der Waals surface area (Å²) in [7, 11) is 0. The zero-order chi connectivity index (χ0) is 13.1. The largest absolute Gasteiger partial charge is 0.508 e. The van der Waals surface area contributed by atoms with E-state index in [1.807, 2.05) is 13.0 Å². The quantitative estimate of drug-likeness (QED) is 0.727. The highest BCUT2D eigenvalue weighted by atomic mass is 16.3. The number of benzene rings is 2. The fraction of sp³-hybridized carbons (Fsp3) is 0.200. The number of aryl methyl sites for hydroxylation is 3. The van der Waals surface area contributed by atoms with Gasteiger partial charge in [-0.2, -0.15) is 0 Å². The van der Waals surface area contributed by atoms with Gasteiger partial charge in [0, 0.05) is 0 Å². The van der Waals surface area contributed by atoms with Crippen molar-refractivity contribution < 1.29 is 15.3 Å². The molecule has 0 saturated carbocycles. The van der Waals surface area contributed by atoms with E-state index in [9.17, 15) is 15.3 Å². The van der Waals surface area contributed by atoms with Crippen LogP contribution in [-0.4, -0.2) is 15.3 Å². The van der Waals surface area contributed by atoms with Crippen LogP contribution >= 0.6 is 0 Å². The van der Waals surface area contributed by atoms with Crippen molar-refractivity contribution >= 4 is 0 Å². The van der Waals surface area contributed by atoms with Gasteiger partial charge in [0.1, 0.15) is 5.75 Å². The third-order valence-electron chi connectivity index (χ3n) is 2.86. The molecule has 3 heteroatoms. The zero-order valence-corrected chi connectivity index (χ0v) is 10.2. The van der Waals surface area contributed by atoms with Crippen molar-refractivity contribution in [2.75, 3.05) is 0 Å². The first kappa shape index (κ1) is 12.3. The molecule has 0 bridgehead atoms. The van der Waals surface area contributed by atoms with Crippen molar-refractivity contribution in [2.45, 2.75) is 19.8 Å². The molecule has 0 saturated heterocycles. The number of phenols is 3. The molecule has 0 aliphatic heterocycles. The summed E-state index contributed by atoms with van der Waals surface area (Å²) in [5.41, 5.74) is 3.03. The summed E-state index contributed by atoms with van der Waals surface area (Å²) in [6.07, 6.45) is 1.52. The average molecular weight is 244 g/mol. The summed E-state index contributed by atoms with van der Waals surface area (Å²) < 4.78 is 0. The SMILES string of the molecule is Cc1cc(O)cc(CCc2ccc(O)c(O)c2)c1. The summed E-state index contributed by atoms with van der Waals surface area (Å²) >= 11 is 0. The Morgan fingerprint density at radius 1 is 0.778 bits per heavy atom. The van der Waals surface area contributed by atoms with Crippen molar-refractivity contribution in [2.24, 2.45) is 0 Å². The van der Waals surface area contributed by atoms with Crippen LogP contribution in [0.3, 0.4) is 0 Å². The maximum atomic E-state index is 9.50. The molecule has 0 amide bonds. The van der Waals surface area contributed by atoms with E-state index in [0.717, 1.165) is 29.5 Å². The van der Waals surface area contributed by atoms with E-state index in [4.69, 9.17) is 0 Å². The lowest BCUT2D eigenvalue weighted by Gasteiger charge is -2.06. The maximum Gasteiger partial charge on any atom is 0.157 e. The molecule has 0 spiro atoms. The van der Waals surface area contributed by atoms with Gasteiger partial charge in [-0.3, -0.25) is 0 Å². The second kappa shape index (κ2) is 5.00. The third kappa shape index (κ3) is 2.94. The van der Waals surface area contributed by atoms with E-state index >= 15 is 0 Å². The van der Waals surface area contributed by atoms with Gasteiger partial charge >= 0.3 is 0 Å². The summed E-state index contributed by atoms with van der Waals surface area (Å²) in [4.78, 5) is 0. The first-order chi connectivity index (χ1) is 8.54. The van der Waals surface area contributed by atoms with Gasteiger partial charge in [-0.1, -0.05) is 12.1 Å². The Morgan fingerprint density at radius 3 is 2.17 bits per heavy atom. The van der Waals surface area contributed by atoms with E-state index in [0.29, 0.717) is 0 Å². The molecule has 2 aromatic rings. The minimum absolute atomic E-state index is 0.0976. The molecule has 0 aliphatic rings. The number of phenolic OH excluding ortho intramolecular Hbond substituents is 3. The van der Waals surface area contributed by atoms with Crippen LogP contribution in [0.5, 0.6) is 17.2 Å². The monoisotopic (exact) mass is 244 g/mol. The molecule has 3 nitrogen and oxygen atoms in total. The molecule has 2 aromatic carbocycles. The maximum absolute atomic E-state index is 9.50. The summed E-state index contributed by atoms with van der Waals surface area (Å²) in [6.45, 7) is 1.94. The Balaban J connectivity index is 2.08. The van der Waals surface area contributed by atoms with Crippen molar-refractivity contribution in [1.29, 1.82) is 0 Å². The van der Waals surface area contributed by atoms with Crippen LogP contribution in [0.15, 0.2) is 36.4 Å². The molecular formula is C15H16O3. The fourth-order valence-corrected chi connectivity index (χ4v) is 2.00. The van der Waals surface area contributed by atoms with Gasteiger partial charge in [0.05, 0.1) is 0 Å². The first-order valence-corrected chi connectivity index (χ1v) is 5.85. The predicted molar refractivity (Wildman–Crippen MR) is 70.0 cm³/mol. The Hall–Kier alpha value is -2.16. The van der Waals surface area contributed by atoms with E-state index in [-0.39, 0.29) is 17.2 Å². The molecular weight excluding hydrogens is 228 g/mol. The van der Waals surface area contributed by atoms with Crippen LogP contribution in [0, 0.1) is 6.92 Å². The molecule has 2 rings (SSSR count). The van der Waals surface area contributed by atoms with Gasteiger partial charge < -0.3 is 15.3 Å². The van der Waals surface area contributed by atoms with E-state index in [2.05, 4.69) is 0 Å². The third-order valence-corrected chi connectivity index (χ3v) is 2.86. The highest BCUT2D eigenvalue weighted by Gasteiger charge is 2.02. The van der Waals surface area contributed by atoms with Crippen molar-refractivity contribution in [3.8, 4) is 17.2 Å². The van der Waals surface area contributed by atoms with Crippen LogP contribution in [0.1, 0.15) is 16.7 Å². The van der Waals surface area contributed by atoms with Crippen LogP contribution in [-0.2, 0) is 12.8 Å². The Bertz CT molecular complexity index is 541. The summed E-state index contributed by atoms with van der Waals surface area (Å²) in [5, 5.41) is 28.1. The van der Waals surface area contributed by atoms with Crippen LogP contribution in [0.4, 0.5) is 0 Å². The molecule has 18 heavy (non-hydrogen) atoms. The van der Waals surface area contributed by atoms with Gasteiger partial charge in [-0.25, -0.2) is 0 Å². The van der Waals surface area contributed by atoms with Crippen molar-refractivity contribution in [1.82, 2.24) is 0 Å². The molecule has 0 aliphatic carbocycles. The van der Waals surface area contributed by atoms with E-state index in [1.165, 1.54) is 6.07 Å². The first-order valence-electron chi connectivity index (χ1n) is 5.85. The summed E-state index contributed by atoms with van der Waals surface area (Å²) in [6, 6.07) is 10.3. The molecule has 0 atom stereocenters. The zero-order valence-electron chi connectivity index (χ0n) is 10.2. The second-order valence-electron chi connectivity index (χ2n) is 4.50. The normalized spacial score (nSPS) is 10.5. The van der Waals surface area contributed by atoms with Gasteiger partial charge in [0.15, 0.2) is 11.5 Å². The minimum Gasteiger partial charge on any atom is -0.508 e. The van der Waals surface area contributed by atoms with Crippen LogP contribution in [0.2, 0.25) is 0 Å². The van der Waals surface area contributed by atoms with Gasteiger partial charge in [-0.05, 0) is 60.7 Å². The lowest BCUT2D eigenvalue weighted by atomic mass is 10.0. The van der Waals surface area contributed by atoms with Crippen LogP contribution in [0.25, 0.3) is 0 Å². The van der Waals surface area contributed by atoms with E-state index < -0.39 is 0 Å². The molecule has 0 fully saturated rings. The second-order valence-corrected chi connectivity index (χ2v) is 4.50. The topological polar surface area (TPSA) is 60.7 Å². The molecule has 0 unspecified atom stereocenters. The van der Waals surface area contributed by atoms with E-state index in [1.54, 1.807) is 24.3 Å². The van der Waals surface area contributed by atoms with Gasteiger partial charge in [0.25, 0.3) is 0 Å². The Morgan fingerprint density at radius 2 is 1.50 bits per heavy atom. The lowest BCUT2D eigenvalue weighted by Crippen LogP contribution is -1.92. The van der Waals surface area contributed by atoms with Gasteiger partial charge in [-0.15, -0.1) is 0 Å². The number of hydrogen-bond donors (Lipinski definition) is 3. The van der Waals surface area contributed by atoms with Crippen LogP contribution < -0.4 is 0 Å². The smallest absolute Gasteiger partial charge is 0.157 e. The van der Waals surface area contributed by atoms with Crippen molar-refractivity contribution in [3.05, 3.63) is 53.1 Å². The number of rotatable bonds is 3. The molecule has 0 radical (unpaired) electrons. The standard InChI is InChI=1S/C15H16O3/c1-10-6-12(8-13(16)7-10)3-2-11-4-5-14(17)15(18)9-11/h4-9,16-18H,2-3H2,1H3. The predicted octanol–water partition coefficient (Wildman–Crippen LogP) is 2.90. The highest BCUT2D eigenvalue weighted by molar-refractivity contribution is 5.41. The molecule has 0 aromatic heterocycles.